The van der Waals surface area contributed by atoms with Crippen LogP contribution >= 0.6 is 0 Å². The maximum atomic E-state index is 12.8. The normalized spacial score (nSPS) is 12.6. The molecule has 0 fully saturated rings. The number of unbranched alkanes of at least 4 members (excludes halogenated alkanes) is 29. The van der Waals surface area contributed by atoms with Crippen LogP contribution in [0.4, 0.5) is 0 Å². The molecule has 0 aliphatic carbocycles. The highest BCUT2D eigenvalue weighted by molar-refractivity contribution is 5.71. The predicted octanol–water partition coefficient (Wildman–Crippen LogP) is 19.4. The fraction of sp³-hybridized carbons (Fsp3) is 0.758. The first-order valence-corrected chi connectivity index (χ1v) is 28.9. The van der Waals surface area contributed by atoms with Crippen LogP contribution in [-0.4, -0.2) is 37.2 Å². The van der Waals surface area contributed by atoms with Crippen LogP contribution in [0.5, 0.6) is 0 Å². The highest BCUT2D eigenvalue weighted by Gasteiger charge is 2.19. The molecule has 0 spiro atoms. The molecule has 0 amide bonds. The molecule has 0 aromatic carbocycles. The van der Waals surface area contributed by atoms with Crippen LogP contribution in [0.3, 0.4) is 0 Å². The number of ether oxygens (including phenoxy) is 3. The number of carbonyl (C=O) groups is 3. The van der Waals surface area contributed by atoms with E-state index >= 15 is 0 Å². The van der Waals surface area contributed by atoms with Crippen LogP contribution in [-0.2, 0) is 28.6 Å². The van der Waals surface area contributed by atoms with Gasteiger partial charge in [0, 0.05) is 19.3 Å². The van der Waals surface area contributed by atoms with Gasteiger partial charge in [-0.3, -0.25) is 14.4 Å². The second-order valence-electron chi connectivity index (χ2n) is 19.2. The minimum Gasteiger partial charge on any atom is -0.462 e. The van der Waals surface area contributed by atoms with Gasteiger partial charge in [0.25, 0.3) is 0 Å². The summed E-state index contributed by atoms with van der Waals surface area (Å²) < 4.78 is 16.8. The van der Waals surface area contributed by atoms with Crippen molar-refractivity contribution in [3.05, 3.63) is 72.9 Å². The lowest BCUT2D eigenvalue weighted by molar-refractivity contribution is -0.167. The van der Waals surface area contributed by atoms with E-state index in [1.165, 1.54) is 135 Å². The molecule has 0 radical (unpaired) electrons. The van der Waals surface area contributed by atoms with E-state index in [-0.39, 0.29) is 31.1 Å². The van der Waals surface area contributed by atoms with Gasteiger partial charge in [-0.1, -0.05) is 248 Å². The van der Waals surface area contributed by atoms with Gasteiger partial charge < -0.3 is 14.2 Å². The first-order chi connectivity index (χ1) is 33.5. The molecular formula is C62H108O6. The van der Waals surface area contributed by atoms with Gasteiger partial charge in [0.15, 0.2) is 6.10 Å². The van der Waals surface area contributed by atoms with Gasteiger partial charge in [0.1, 0.15) is 13.2 Å². The number of hydrogen-bond acceptors (Lipinski definition) is 6. The zero-order chi connectivity index (χ0) is 49.3. The third-order valence-corrected chi connectivity index (χ3v) is 12.4. The second kappa shape index (κ2) is 56.4. The fourth-order valence-electron chi connectivity index (χ4n) is 8.11. The molecule has 6 heteroatoms. The zero-order valence-electron chi connectivity index (χ0n) is 44.9. The van der Waals surface area contributed by atoms with Crippen LogP contribution in [0.25, 0.3) is 0 Å². The van der Waals surface area contributed by atoms with Gasteiger partial charge in [-0.05, 0) is 89.9 Å². The predicted molar refractivity (Wildman–Crippen MR) is 293 cm³/mol. The molecule has 0 heterocycles. The highest BCUT2D eigenvalue weighted by atomic mass is 16.6. The number of rotatable bonds is 52. The van der Waals surface area contributed by atoms with Crippen molar-refractivity contribution in [3.63, 3.8) is 0 Å². The van der Waals surface area contributed by atoms with Crippen molar-refractivity contribution < 1.29 is 28.6 Å². The molecule has 0 aromatic heterocycles. The fourth-order valence-corrected chi connectivity index (χ4v) is 8.11. The molecular weight excluding hydrogens is 841 g/mol. The first-order valence-electron chi connectivity index (χ1n) is 28.9. The summed E-state index contributed by atoms with van der Waals surface area (Å²) in [6.45, 7) is 6.51. The maximum Gasteiger partial charge on any atom is 0.306 e. The summed E-state index contributed by atoms with van der Waals surface area (Å²) in [6.07, 6.45) is 71.8. The van der Waals surface area contributed by atoms with E-state index < -0.39 is 6.10 Å². The molecule has 68 heavy (non-hydrogen) atoms. The van der Waals surface area contributed by atoms with Gasteiger partial charge in [0.05, 0.1) is 0 Å². The van der Waals surface area contributed by atoms with Crippen molar-refractivity contribution >= 4 is 17.9 Å². The Labute approximate surface area is 421 Å². The van der Waals surface area contributed by atoms with E-state index in [1.807, 2.05) is 0 Å². The van der Waals surface area contributed by atoms with Crippen molar-refractivity contribution in [1.82, 2.24) is 0 Å². The molecule has 0 aliphatic heterocycles. The molecule has 0 saturated carbocycles. The minimum atomic E-state index is -0.779. The maximum absolute atomic E-state index is 12.8. The lowest BCUT2D eigenvalue weighted by Gasteiger charge is -2.18. The molecule has 0 saturated heterocycles. The van der Waals surface area contributed by atoms with Crippen molar-refractivity contribution in [2.75, 3.05) is 13.2 Å². The molecule has 392 valence electrons. The first kappa shape index (κ1) is 64.8. The van der Waals surface area contributed by atoms with E-state index in [1.54, 1.807) is 0 Å². The Morgan fingerprint density at radius 1 is 0.309 bits per heavy atom. The topological polar surface area (TPSA) is 78.9 Å². The molecule has 1 atom stereocenters. The number of esters is 3. The average Bonchev–Trinajstić information content (AvgIpc) is 3.34. The average molecular weight is 950 g/mol. The molecule has 0 aromatic rings. The SMILES string of the molecule is CC/C=C\C/C=C\C/C=C\C/C=C\C/C=C\CCCCCCCCCCCC(=O)OCC(COC(=O)CCCCCCCCCCCC)OC(=O)CCCCCCC/C=C\CCCCCCCC. The molecule has 0 bridgehead atoms. The Morgan fingerprint density at radius 2 is 0.574 bits per heavy atom. The molecule has 0 rings (SSSR count). The van der Waals surface area contributed by atoms with Crippen LogP contribution in [0.15, 0.2) is 72.9 Å². The number of hydrogen-bond donors (Lipinski definition) is 0. The van der Waals surface area contributed by atoms with Crippen molar-refractivity contribution in [2.24, 2.45) is 0 Å². The third-order valence-electron chi connectivity index (χ3n) is 12.4. The van der Waals surface area contributed by atoms with Gasteiger partial charge in [-0.25, -0.2) is 0 Å². The molecule has 0 N–H and O–H groups in total. The summed E-state index contributed by atoms with van der Waals surface area (Å²) >= 11 is 0. The Hall–Kier alpha value is -3.15. The summed E-state index contributed by atoms with van der Waals surface area (Å²) in [5, 5.41) is 0. The molecule has 0 aliphatic rings. The van der Waals surface area contributed by atoms with E-state index in [2.05, 4.69) is 93.7 Å². The summed E-state index contributed by atoms with van der Waals surface area (Å²) in [4.78, 5) is 38.1. The number of carbonyl (C=O) groups excluding carboxylic acids is 3. The largest absolute Gasteiger partial charge is 0.462 e. The van der Waals surface area contributed by atoms with E-state index in [0.717, 1.165) is 109 Å². The Balaban J connectivity index is 4.27. The third kappa shape index (κ3) is 53.8. The van der Waals surface area contributed by atoms with E-state index in [9.17, 15) is 14.4 Å². The van der Waals surface area contributed by atoms with Crippen LogP contribution in [0.2, 0.25) is 0 Å². The summed E-state index contributed by atoms with van der Waals surface area (Å²) in [6, 6.07) is 0. The number of allylic oxidation sites excluding steroid dienone is 12. The summed E-state index contributed by atoms with van der Waals surface area (Å²) in [7, 11) is 0. The quantitative estimate of drug-likeness (QED) is 0.0262. The van der Waals surface area contributed by atoms with Crippen molar-refractivity contribution in [1.29, 1.82) is 0 Å². The summed E-state index contributed by atoms with van der Waals surface area (Å²) in [5.41, 5.74) is 0. The van der Waals surface area contributed by atoms with E-state index in [0.29, 0.717) is 19.3 Å². The summed E-state index contributed by atoms with van der Waals surface area (Å²) in [5.74, 6) is -0.886. The smallest absolute Gasteiger partial charge is 0.306 e. The Kier molecular flexibility index (Phi) is 53.8. The van der Waals surface area contributed by atoms with Crippen LogP contribution in [0.1, 0.15) is 284 Å². The lowest BCUT2D eigenvalue weighted by atomic mass is 10.1. The molecule has 1 unspecified atom stereocenters. The second-order valence-corrected chi connectivity index (χ2v) is 19.2. The van der Waals surface area contributed by atoms with Crippen LogP contribution < -0.4 is 0 Å². The highest BCUT2D eigenvalue weighted by Crippen LogP contribution is 2.15. The Bertz CT molecular complexity index is 1270. The standard InChI is InChI=1S/C62H108O6/c1-4-7-10-13-16-19-22-24-26-27-28-29-30-31-32-33-34-35-37-38-40-43-46-49-52-55-61(64)67-58-59(57-66-60(63)54-51-48-45-42-21-18-15-12-9-6-3)68-62(65)56-53-50-47-44-41-39-36-25-23-20-17-14-11-8-5-2/h7,10,16,19,24-26,28-29,31-32,36,59H,4-6,8-9,11-15,17-18,20-23,27,30,33-35,37-58H2,1-3H3/b10-7-,19-16-,26-24-,29-28-,32-31-,36-25-. The Morgan fingerprint density at radius 3 is 0.912 bits per heavy atom. The van der Waals surface area contributed by atoms with Gasteiger partial charge >= 0.3 is 17.9 Å². The van der Waals surface area contributed by atoms with Crippen LogP contribution in [0, 0.1) is 0 Å². The van der Waals surface area contributed by atoms with Gasteiger partial charge in [0.2, 0.25) is 0 Å². The monoisotopic (exact) mass is 949 g/mol. The van der Waals surface area contributed by atoms with Crippen molar-refractivity contribution in [3.8, 4) is 0 Å². The van der Waals surface area contributed by atoms with Crippen molar-refractivity contribution in [2.45, 2.75) is 290 Å². The minimum absolute atomic E-state index is 0.0780. The zero-order valence-corrected chi connectivity index (χ0v) is 44.9. The lowest BCUT2D eigenvalue weighted by Crippen LogP contribution is -2.30. The molecule has 6 nitrogen and oxygen atoms in total. The van der Waals surface area contributed by atoms with Gasteiger partial charge in [-0.2, -0.15) is 0 Å². The van der Waals surface area contributed by atoms with E-state index in [4.69, 9.17) is 14.2 Å². The van der Waals surface area contributed by atoms with Gasteiger partial charge in [-0.15, -0.1) is 0 Å².